The summed E-state index contributed by atoms with van der Waals surface area (Å²) in [5.74, 6) is 2.01. The van der Waals surface area contributed by atoms with E-state index in [-0.39, 0.29) is 26.5 Å². The maximum absolute atomic E-state index is 6.63. The van der Waals surface area contributed by atoms with Gasteiger partial charge in [-0.3, -0.25) is 4.57 Å². The molecule has 0 bridgehead atoms. The van der Waals surface area contributed by atoms with Gasteiger partial charge in [-0.15, -0.1) is 24.3 Å². The van der Waals surface area contributed by atoms with Gasteiger partial charge < -0.3 is 23.0 Å². The van der Waals surface area contributed by atoms with Crippen LogP contribution < -0.4 is 9.30 Å². The number of ether oxygens (including phenoxy) is 1. The minimum absolute atomic E-state index is 0. The number of benzene rings is 6. The van der Waals surface area contributed by atoms with Gasteiger partial charge >= 0.3 is 0 Å². The van der Waals surface area contributed by atoms with Gasteiger partial charge in [0.25, 0.3) is 6.33 Å². The maximum atomic E-state index is 6.63. The summed E-state index contributed by atoms with van der Waals surface area (Å²) in [7, 11) is 4.38. The van der Waals surface area contributed by atoms with Crippen molar-refractivity contribution in [2.45, 2.75) is 26.2 Å². The summed E-state index contributed by atoms with van der Waals surface area (Å²) in [6.07, 6.45) is 9.29. The summed E-state index contributed by atoms with van der Waals surface area (Å²) in [6, 6.07) is 49.4. The molecule has 5 heterocycles. The SMILES string of the molecule is Cn1c2ccccc2c2c3c4ccccc4n(C)c3c3c(c4ccc(Oc5[c-]c(-[n+]6[c-]n(-c7ccccc7)cc6)ccc5)[c-]c4n3-c3cc(C(C)(C)C)ccn3)c21.[Pt]. The molecule has 0 fully saturated rings. The van der Waals surface area contributed by atoms with Crippen LogP contribution in [-0.2, 0) is 40.6 Å². The first-order valence-corrected chi connectivity index (χ1v) is 19.3. The predicted molar refractivity (Wildman–Crippen MR) is 229 cm³/mol. The molecular formula is C50H38N6OPt-2. The van der Waals surface area contributed by atoms with E-state index in [1.165, 1.54) is 43.7 Å². The Morgan fingerprint density at radius 1 is 0.638 bits per heavy atom. The number of aromatic nitrogens is 6. The second-order valence-electron chi connectivity index (χ2n) is 15.9. The van der Waals surface area contributed by atoms with E-state index in [4.69, 9.17) is 9.72 Å². The van der Waals surface area contributed by atoms with Crippen LogP contribution in [0.4, 0.5) is 0 Å². The number of fused-ring (bicyclic) bond motifs is 12. The Hall–Kier alpha value is -6.43. The van der Waals surface area contributed by atoms with Crippen molar-refractivity contribution in [3.63, 3.8) is 0 Å². The minimum Gasteiger partial charge on any atom is -0.510 e. The fraction of sp³-hybridized carbons (Fsp3) is 0.120. The smallest absolute Gasteiger partial charge is 0.267 e. The third-order valence-corrected chi connectivity index (χ3v) is 11.5. The predicted octanol–water partition coefficient (Wildman–Crippen LogP) is 11.0. The van der Waals surface area contributed by atoms with Gasteiger partial charge in [0.1, 0.15) is 5.82 Å². The molecule has 11 rings (SSSR count). The molecule has 0 radical (unpaired) electrons. The van der Waals surface area contributed by atoms with Crippen molar-refractivity contribution in [2.75, 3.05) is 0 Å². The Bertz CT molecular complexity index is 3400. The summed E-state index contributed by atoms with van der Waals surface area (Å²) in [5.41, 5.74) is 9.67. The third-order valence-electron chi connectivity index (χ3n) is 11.5. The fourth-order valence-corrected chi connectivity index (χ4v) is 8.75. The second-order valence-corrected chi connectivity index (χ2v) is 15.9. The molecule has 58 heavy (non-hydrogen) atoms. The quantitative estimate of drug-likeness (QED) is 0.128. The first-order valence-electron chi connectivity index (χ1n) is 19.3. The van der Waals surface area contributed by atoms with Crippen molar-refractivity contribution < 1.29 is 30.4 Å². The van der Waals surface area contributed by atoms with Crippen LogP contribution in [0.15, 0.2) is 140 Å². The van der Waals surface area contributed by atoms with Crippen molar-refractivity contribution in [1.82, 2.24) is 23.3 Å². The fourth-order valence-electron chi connectivity index (χ4n) is 8.75. The zero-order valence-electron chi connectivity index (χ0n) is 32.7. The molecule has 0 aliphatic rings. The number of rotatable bonds is 5. The molecule has 6 aromatic carbocycles. The molecule has 0 aliphatic carbocycles. The van der Waals surface area contributed by atoms with E-state index >= 15 is 0 Å². The summed E-state index contributed by atoms with van der Waals surface area (Å²) in [6.45, 7) is 6.73. The van der Waals surface area contributed by atoms with Gasteiger partial charge in [-0.1, -0.05) is 86.3 Å². The average Bonchev–Trinajstić information content (AvgIpc) is 3.99. The van der Waals surface area contributed by atoms with Crippen molar-refractivity contribution in [1.29, 1.82) is 0 Å². The van der Waals surface area contributed by atoms with E-state index in [9.17, 15) is 0 Å². The molecule has 11 aromatic rings. The number of aryl methyl sites for hydroxylation is 2. The summed E-state index contributed by atoms with van der Waals surface area (Å²) < 4.78 is 17.5. The normalized spacial score (nSPS) is 12.1. The van der Waals surface area contributed by atoms with Gasteiger partial charge in [0.2, 0.25) is 0 Å². The molecule has 0 spiro atoms. The van der Waals surface area contributed by atoms with E-state index in [2.05, 4.69) is 146 Å². The van der Waals surface area contributed by atoms with Gasteiger partial charge in [0.05, 0.1) is 16.7 Å². The van der Waals surface area contributed by atoms with Crippen molar-refractivity contribution in [3.8, 4) is 28.7 Å². The maximum Gasteiger partial charge on any atom is 0.267 e. The Labute approximate surface area is 350 Å². The van der Waals surface area contributed by atoms with Crippen molar-refractivity contribution >= 4 is 65.4 Å². The Kier molecular flexibility index (Phi) is 8.26. The molecule has 286 valence electrons. The van der Waals surface area contributed by atoms with Crippen molar-refractivity contribution in [2.24, 2.45) is 14.1 Å². The van der Waals surface area contributed by atoms with Crippen LogP contribution in [-0.4, -0.2) is 23.3 Å². The summed E-state index contributed by atoms with van der Waals surface area (Å²) in [5, 5.41) is 7.19. The second kappa shape index (κ2) is 13.3. The van der Waals surface area contributed by atoms with Gasteiger partial charge in [0, 0.05) is 103 Å². The first kappa shape index (κ1) is 35.9. The zero-order valence-corrected chi connectivity index (χ0v) is 35.0. The zero-order chi connectivity index (χ0) is 38.6. The molecular weight excluding hydrogens is 896 g/mol. The van der Waals surface area contributed by atoms with Crippen LogP contribution in [0.2, 0.25) is 0 Å². The minimum atomic E-state index is -0.0785. The van der Waals surface area contributed by atoms with E-state index in [0.29, 0.717) is 11.5 Å². The molecule has 0 saturated carbocycles. The molecule has 0 saturated heterocycles. The largest absolute Gasteiger partial charge is 0.510 e. The monoisotopic (exact) mass is 933 g/mol. The molecule has 8 heteroatoms. The number of para-hydroxylation sites is 3. The number of imidazole rings is 1. The van der Waals surface area contributed by atoms with Gasteiger partial charge in [0.15, 0.2) is 0 Å². The van der Waals surface area contributed by atoms with E-state index in [0.717, 1.165) is 44.5 Å². The van der Waals surface area contributed by atoms with Crippen LogP contribution in [0, 0.1) is 18.5 Å². The summed E-state index contributed by atoms with van der Waals surface area (Å²) in [4.78, 5) is 5.09. The van der Waals surface area contributed by atoms with E-state index in [1.807, 2.05) is 70.2 Å². The van der Waals surface area contributed by atoms with E-state index in [1.54, 1.807) is 0 Å². The van der Waals surface area contributed by atoms with Gasteiger partial charge in [-0.2, -0.15) is 18.2 Å². The molecule has 0 unspecified atom stereocenters. The standard InChI is InChI=1S/C50H38N6O.Pt/c1-50(2,3)32-24-25-51-43(28-32)56-42-30-36(57-35-17-13-16-34(29-35)55-27-26-54(31-55)33-14-7-6-8-15-33)22-23-39(42)46-47-44(37-18-9-11-20-40(37)52(47)4)45-38-19-10-12-21-41(38)53(5)48(45)49(46)56;/h6-28H,1-5H3;/q-2;. The van der Waals surface area contributed by atoms with Crippen LogP contribution in [0.1, 0.15) is 26.3 Å². The molecule has 7 nitrogen and oxygen atoms in total. The van der Waals surface area contributed by atoms with Crippen LogP contribution in [0.5, 0.6) is 11.5 Å². The molecule has 5 aromatic heterocycles. The van der Waals surface area contributed by atoms with Crippen LogP contribution >= 0.6 is 0 Å². The Balaban J connectivity index is 0.00000408. The molecule has 0 amide bonds. The number of hydrogen-bond donors (Lipinski definition) is 0. The van der Waals surface area contributed by atoms with Crippen molar-refractivity contribution in [3.05, 3.63) is 164 Å². The number of nitrogens with zero attached hydrogens (tertiary/aromatic N) is 6. The molecule has 0 N–H and O–H groups in total. The topological polar surface area (TPSA) is 45.7 Å². The van der Waals surface area contributed by atoms with E-state index < -0.39 is 0 Å². The van der Waals surface area contributed by atoms with Crippen LogP contribution in [0.25, 0.3) is 82.6 Å². The average molecular weight is 934 g/mol. The Morgan fingerprint density at radius 2 is 1.31 bits per heavy atom. The third kappa shape index (κ3) is 5.37. The first-order chi connectivity index (χ1) is 27.7. The summed E-state index contributed by atoms with van der Waals surface area (Å²) >= 11 is 0. The van der Waals surface area contributed by atoms with Gasteiger partial charge in [-0.05, 0) is 58.5 Å². The Morgan fingerprint density at radius 3 is 2.05 bits per heavy atom. The molecule has 0 aliphatic heterocycles. The van der Waals surface area contributed by atoms with Gasteiger partial charge in [-0.25, -0.2) is 4.98 Å². The number of pyridine rings is 1. The van der Waals surface area contributed by atoms with Crippen LogP contribution in [0.3, 0.4) is 0 Å². The molecule has 0 atom stereocenters. The number of hydrogen-bond acceptors (Lipinski definition) is 2.